The van der Waals surface area contributed by atoms with Crippen LogP contribution in [-0.2, 0) is 19.7 Å². The van der Waals surface area contributed by atoms with Gasteiger partial charge in [-0.2, -0.15) is 0 Å². The van der Waals surface area contributed by atoms with Crippen LogP contribution in [0.2, 0.25) is 5.02 Å². The van der Waals surface area contributed by atoms with Crippen molar-refractivity contribution in [2.24, 2.45) is 0 Å². The fraction of sp³-hybridized carbons (Fsp3) is 0.150. The zero-order chi connectivity index (χ0) is 17.5. The number of nitrogens with zero attached hydrogens (tertiary/aromatic N) is 1. The maximum absolute atomic E-state index is 13.0. The van der Waals surface area contributed by atoms with Crippen molar-refractivity contribution in [1.82, 2.24) is 10.3 Å². The van der Waals surface area contributed by atoms with Crippen molar-refractivity contribution in [1.29, 1.82) is 0 Å². The van der Waals surface area contributed by atoms with E-state index in [1.165, 1.54) is 12.1 Å². The molecule has 0 radical (unpaired) electrons. The Bertz CT molecular complexity index is 814. The molecule has 26 heavy (non-hydrogen) atoms. The van der Waals surface area contributed by atoms with Crippen LogP contribution in [0.25, 0.3) is 0 Å². The standard InChI is InChI=1S/C20H18ClFN2O.ClH/c21-18-5-8-20(25-14-15-3-6-19(22)7-4-15)17(10-18)13-24-12-16-2-1-9-23-11-16;/h1-11,24H,12-14H2;1H/p-1. The maximum atomic E-state index is 13.0. The Kier molecular flexibility index (Phi) is 7.85. The van der Waals surface area contributed by atoms with Crippen molar-refractivity contribution in [2.75, 3.05) is 0 Å². The summed E-state index contributed by atoms with van der Waals surface area (Å²) >= 11 is 6.11. The fourth-order valence-electron chi connectivity index (χ4n) is 2.41. The van der Waals surface area contributed by atoms with Crippen LogP contribution < -0.4 is 22.5 Å². The van der Waals surface area contributed by atoms with E-state index >= 15 is 0 Å². The quantitative estimate of drug-likeness (QED) is 0.666. The van der Waals surface area contributed by atoms with Crippen molar-refractivity contribution in [3.63, 3.8) is 0 Å². The van der Waals surface area contributed by atoms with E-state index < -0.39 is 0 Å². The van der Waals surface area contributed by atoms with E-state index in [4.69, 9.17) is 16.3 Å². The molecule has 1 heterocycles. The number of hydrogen-bond acceptors (Lipinski definition) is 3. The molecule has 0 aliphatic heterocycles. The number of rotatable bonds is 7. The summed E-state index contributed by atoms with van der Waals surface area (Å²) in [5.74, 6) is 0.503. The summed E-state index contributed by atoms with van der Waals surface area (Å²) in [4.78, 5) is 4.10. The summed E-state index contributed by atoms with van der Waals surface area (Å²) in [6, 6.07) is 15.7. The van der Waals surface area contributed by atoms with Crippen LogP contribution in [0.1, 0.15) is 16.7 Å². The van der Waals surface area contributed by atoms with Gasteiger partial charge in [-0.15, -0.1) is 0 Å². The first-order valence-electron chi connectivity index (χ1n) is 7.96. The van der Waals surface area contributed by atoms with E-state index in [2.05, 4.69) is 10.3 Å². The highest BCUT2D eigenvalue weighted by Gasteiger charge is 2.06. The molecule has 136 valence electrons. The van der Waals surface area contributed by atoms with Crippen molar-refractivity contribution < 1.29 is 21.5 Å². The van der Waals surface area contributed by atoms with Crippen LogP contribution in [0, 0.1) is 5.82 Å². The third-order valence-electron chi connectivity index (χ3n) is 3.70. The van der Waals surface area contributed by atoms with Crippen LogP contribution in [0.4, 0.5) is 4.39 Å². The van der Waals surface area contributed by atoms with Crippen LogP contribution in [0.5, 0.6) is 5.75 Å². The third-order valence-corrected chi connectivity index (χ3v) is 3.93. The number of benzene rings is 2. The minimum absolute atomic E-state index is 0. The van der Waals surface area contributed by atoms with E-state index in [1.807, 2.05) is 30.5 Å². The number of pyridine rings is 1. The second-order valence-corrected chi connectivity index (χ2v) is 6.07. The monoisotopic (exact) mass is 391 g/mol. The lowest BCUT2D eigenvalue weighted by molar-refractivity contribution is -0.00000596. The Balaban J connectivity index is 0.00000243. The lowest BCUT2D eigenvalue weighted by Gasteiger charge is -2.13. The van der Waals surface area contributed by atoms with E-state index in [1.54, 1.807) is 24.4 Å². The highest BCUT2D eigenvalue weighted by molar-refractivity contribution is 6.30. The molecule has 0 atom stereocenters. The summed E-state index contributed by atoms with van der Waals surface area (Å²) in [5.41, 5.74) is 2.99. The van der Waals surface area contributed by atoms with Gasteiger partial charge in [-0.3, -0.25) is 4.98 Å². The molecule has 0 aliphatic rings. The van der Waals surface area contributed by atoms with Gasteiger partial charge in [0.25, 0.3) is 0 Å². The van der Waals surface area contributed by atoms with Crippen molar-refractivity contribution in [3.05, 3.63) is 94.5 Å². The van der Waals surface area contributed by atoms with Crippen molar-refractivity contribution >= 4 is 11.6 Å². The topological polar surface area (TPSA) is 34.1 Å². The van der Waals surface area contributed by atoms with Gasteiger partial charge in [0, 0.05) is 36.1 Å². The predicted molar refractivity (Wildman–Crippen MR) is 97.0 cm³/mol. The van der Waals surface area contributed by atoms with Crippen molar-refractivity contribution in [3.8, 4) is 5.75 Å². The number of hydrogen-bond donors (Lipinski definition) is 1. The SMILES string of the molecule is Fc1ccc(COc2ccc(Cl)cc2CNCc2cccnc2)cc1.[Cl-]. The van der Waals surface area contributed by atoms with Gasteiger partial charge in [0.05, 0.1) is 0 Å². The van der Waals surface area contributed by atoms with E-state index in [0.29, 0.717) is 24.7 Å². The molecule has 3 aromatic rings. The Morgan fingerprint density at radius 2 is 1.81 bits per heavy atom. The minimum Gasteiger partial charge on any atom is -1.00 e. The number of halogens is 3. The van der Waals surface area contributed by atoms with Crippen LogP contribution in [0.15, 0.2) is 67.0 Å². The fourth-order valence-corrected chi connectivity index (χ4v) is 2.61. The molecule has 0 unspecified atom stereocenters. The summed E-state index contributed by atoms with van der Waals surface area (Å²) in [6.07, 6.45) is 3.58. The van der Waals surface area contributed by atoms with E-state index in [-0.39, 0.29) is 18.2 Å². The average molecular weight is 392 g/mol. The first kappa shape index (κ1) is 20.2. The molecule has 0 saturated heterocycles. The van der Waals surface area contributed by atoms with E-state index in [0.717, 1.165) is 22.4 Å². The van der Waals surface area contributed by atoms with Gasteiger partial charge in [-0.05, 0) is 47.5 Å². The van der Waals surface area contributed by atoms with Crippen LogP contribution in [-0.4, -0.2) is 4.98 Å². The van der Waals surface area contributed by atoms with Gasteiger partial charge in [0.1, 0.15) is 18.2 Å². The van der Waals surface area contributed by atoms with Gasteiger partial charge in [0.15, 0.2) is 0 Å². The average Bonchev–Trinajstić information content (AvgIpc) is 2.63. The highest BCUT2D eigenvalue weighted by atomic mass is 35.5. The lowest BCUT2D eigenvalue weighted by atomic mass is 10.2. The molecule has 1 N–H and O–H groups in total. The van der Waals surface area contributed by atoms with Gasteiger partial charge in [-0.1, -0.05) is 29.8 Å². The molecular weight excluding hydrogens is 374 g/mol. The highest BCUT2D eigenvalue weighted by Crippen LogP contribution is 2.24. The van der Waals surface area contributed by atoms with Gasteiger partial charge in [0.2, 0.25) is 0 Å². The summed E-state index contributed by atoms with van der Waals surface area (Å²) in [5, 5.41) is 4.02. The molecule has 1 aromatic heterocycles. The maximum Gasteiger partial charge on any atom is 0.124 e. The summed E-state index contributed by atoms with van der Waals surface area (Å²) in [7, 11) is 0. The van der Waals surface area contributed by atoms with Crippen LogP contribution in [0.3, 0.4) is 0 Å². The molecule has 3 nitrogen and oxygen atoms in total. The first-order valence-corrected chi connectivity index (χ1v) is 8.34. The second-order valence-electron chi connectivity index (χ2n) is 5.63. The molecule has 0 bridgehead atoms. The third kappa shape index (κ3) is 5.99. The zero-order valence-electron chi connectivity index (χ0n) is 14.0. The number of nitrogens with one attached hydrogen (secondary N) is 1. The largest absolute Gasteiger partial charge is 1.00 e. The normalized spacial score (nSPS) is 10.2. The van der Waals surface area contributed by atoms with Crippen molar-refractivity contribution in [2.45, 2.75) is 19.7 Å². The molecule has 3 rings (SSSR count). The van der Waals surface area contributed by atoms with Gasteiger partial charge < -0.3 is 22.5 Å². The number of ether oxygens (including phenoxy) is 1. The Morgan fingerprint density at radius 1 is 1.00 bits per heavy atom. The van der Waals surface area contributed by atoms with Crippen LogP contribution >= 0.6 is 11.6 Å². The van der Waals surface area contributed by atoms with Gasteiger partial charge >= 0.3 is 0 Å². The summed E-state index contributed by atoms with van der Waals surface area (Å²) < 4.78 is 18.9. The predicted octanol–water partition coefficient (Wildman–Crippen LogP) is 1.75. The smallest absolute Gasteiger partial charge is 0.124 e. The Morgan fingerprint density at radius 3 is 2.54 bits per heavy atom. The molecule has 0 aliphatic carbocycles. The van der Waals surface area contributed by atoms with E-state index in [9.17, 15) is 4.39 Å². The molecule has 0 amide bonds. The minimum atomic E-state index is -0.254. The molecule has 0 fully saturated rings. The molecule has 6 heteroatoms. The molecule has 0 spiro atoms. The van der Waals surface area contributed by atoms with Gasteiger partial charge in [-0.25, -0.2) is 4.39 Å². The molecule has 0 saturated carbocycles. The Hall–Kier alpha value is -2.14. The second kappa shape index (κ2) is 10.1. The zero-order valence-corrected chi connectivity index (χ0v) is 15.5. The summed E-state index contributed by atoms with van der Waals surface area (Å²) in [6.45, 7) is 1.70. The lowest BCUT2D eigenvalue weighted by Crippen LogP contribution is -3.00. The first-order chi connectivity index (χ1) is 12.2. The molecular formula is C20H18Cl2FN2O-. The molecule has 2 aromatic carbocycles. The number of aromatic nitrogens is 1. The Labute approximate surface area is 163 Å².